The third-order valence-corrected chi connectivity index (χ3v) is 5.74. The van der Waals surface area contributed by atoms with E-state index in [-0.39, 0.29) is 30.3 Å². The van der Waals surface area contributed by atoms with Crippen molar-refractivity contribution in [3.63, 3.8) is 0 Å². The number of rotatable bonds is 3. The van der Waals surface area contributed by atoms with Gasteiger partial charge in [-0.05, 0) is 47.9 Å². The van der Waals surface area contributed by atoms with E-state index in [1.165, 1.54) is 4.90 Å². The van der Waals surface area contributed by atoms with Crippen molar-refractivity contribution in [3.8, 4) is 0 Å². The topological polar surface area (TPSA) is 93.0 Å². The molecule has 3 aliphatic rings. The number of aromatic nitrogens is 4. The molecule has 2 aliphatic carbocycles. The van der Waals surface area contributed by atoms with Gasteiger partial charge in [-0.3, -0.25) is 9.69 Å². The molecule has 2 atom stereocenters. The molecule has 1 aromatic heterocycles. The molecule has 1 saturated heterocycles. The Kier molecular flexibility index (Phi) is 3.18. The fraction of sp³-hybridized carbons (Fsp3) is 0.800. The monoisotopic (exact) mass is 318 g/mol. The van der Waals surface area contributed by atoms with E-state index in [0.717, 1.165) is 32.1 Å². The fourth-order valence-electron chi connectivity index (χ4n) is 4.16. The Morgan fingerprint density at radius 3 is 2.52 bits per heavy atom. The number of tetrazole rings is 1. The van der Waals surface area contributed by atoms with Gasteiger partial charge in [0.2, 0.25) is 0 Å². The van der Waals surface area contributed by atoms with E-state index in [2.05, 4.69) is 34.7 Å². The number of carbonyl (C=O) groups excluding carboxylic acids is 2. The highest BCUT2D eigenvalue weighted by atomic mass is 16.2. The summed E-state index contributed by atoms with van der Waals surface area (Å²) in [5.41, 5.74) is -0.757. The molecule has 0 radical (unpaired) electrons. The Balaban J connectivity index is 1.61. The van der Waals surface area contributed by atoms with Crippen molar-refractivity contribution < 1.29 is 9.59 Å². The van der Waals surface area contributed by atoms with E-state index in [9.17, 15) is 9.59 Å². The zero-order valence-electron chi connectivity index (χ0n) is 13.5. The molecule has 8 heteroatoms. The number of urea groups is 1. The van der Waals surface area contributed by atoms with Gasteiger partial charge < -0.3 is 5.32 Å². The maximum atomic E-state index is 13.1. The minimum atomic E-state index is -0.757. The Bertz CT molecular complexity index is 642. The van der Waals surface area contributed by atoms with Gasteiger partial charge in [0.15, 0.2) is 5.82 Å². The van der Waals surface area contributed by atoms with Gasteiger partial charge >= 0.3 is 6.03 Å². The van der Waals surface area contributed by atoms with Crippen LogP contribution < -0.4 is 5.32 Å². The number of nitrogens with zero attached hydrogens (tertiary/aromatic N) is 5. The normalized spacial score (nSPS) is 34.3. The zero-order valence-corrected chi connectivity index (χ0v) is 13.5. The first kappa shape index (κ1) is 14.6. The van der Waals surface area contributed by atoms with Crippen LogP contribution in [-0.4, -0.2) is 42.6 Å². The molecular weight excluding hydrogens is 296 g/mol. The summed E-state index contributed by atoms with van der Waals surface area (Å²) in [4.78, 5) is 26.9. The summed E-state index contributed by atoms with van der Waals surface area (Å²) in [6.45, 7) is 4.27. The van der Waals surface area contributed by atoms with E-state index in [1.807, 2.05) is 0 Å². The first-order valence-corrected chi connectivity index (χ1v) is 8.45. The van der Waals surface area contributed by atoms with Gasteiger partial charge in [0.1, 0.15) is 5.54 Å². The summed E-state index contributed by atoms with van der Waals surface area (Å²) < 4.78 is 1.75. The fourth-order valence-corrected chi connectivity index (χ4v) is 4.16. The molecule has 3 fully saturated rings. The molecule has 1 N–H and O–H groups in total. The highest BCUT2D eigenvalue weighted by molar-refractivity contribution is 6.07. The number of imide groups is 1. The van der Waals surface area contributed by atoms with Crippen molar-refractivity contribution in [1.82, 2.24) is 30.4 Å². The maximum absolute atomic E-state index is 13.1. The second-order valence-electron chi connectivity index (χ2n) is 7.19. The van der Waals surface area contributed by atoms with E-state index in [0.29, 0.717) is 11.9 Å². The number of amides is 3. The molecule has 8 nitrogen and oxygen atoms in total. The highest BCUT2D eigenvalue weighted by Gasteiger charge is 2.58. The van der Waals surface area contributed by atoms with Crippen molar-refractivity contribution in [2.24, 2.45) is 11.8 Å². The second kappa shape index (κ2) is 5.01. The summed E-state index contributed by atoms with van der Waals surface area (Å²) in [6, 6.07) is 0.00296. The number of hydrogen-bond donors (Lipinski definition) is 1. The van der Waals surface area contributed by atoms with Crippen LogP contribution >= 0.6 is 0 Å². The standard InChI is InChI=1S/C15H22N6O2/c1-9-4-3-5-10(2)15(9)13(22)20(14(23)16-15)8-12-17-18-19-21(12)11-6-7-11/h9-11H,3-8H2,1-2H3,(H,16,23). The van der Waals surface area contributed by atoms with Crippen molar-refractivity contribution in [2.75, 3.05) is 0 Å². The summed E-state index contributed by atoms with van der Waals surface area (Å²) in [5, 5.41) is 14.7. The molecule has 4 rings (SSSR count). The summed E-state index contributed by atoms with van der Waals surface area (Å²) >= 11 is 0. The molecule has 124 valence electrons. The molecule has 23 heavy (non-hydrogen) atoms. The lowest BCUT2D eigenvalue weighted by Crippen LogP contribution is -2.58. The Hall–Kier alpha value is -1.99. The van der Waals surface area contributed by atoms with Crippen LogP contribution in [0.4, 0.5) is 4.79 Å². The van der Waals surface area contributed by atoms with E-state index < -0.39 is 5.54 Å². The zero-order chi connectivity index (χ0) is 16.2. The summed E-state index contributed by atoms with van der Waals surface area (Å²) in [7, 11) is 0. The van der Waals surface area contributed by atoms with Gasteiger partial charge in [0, 0.05) is 0 Å². The molecule has 1 spiro atoms. The summed E-state index contributed by atoms with van der Waals surface area (Å²) in [6.07, 6.45) is 5.13. The predicted molar refractivity (Wildman–Crippen MR) is 80.1 cm³/mol. The third-order valence-electron chi connectivity index (χ3n) is 5.74. The van der Waals surface area contributed by atoms with Crippen molar-refractivity contribution in [1.29, 1.82) is 0 Å². The lowest BCUT2D eigenvalue weighted by molar-refractivity contribution is -0.137. The maximum Gasteiger partial charge on any atom is 0.325 e. The highest BCUT2D eigenvalue weighted by Crippen LogP contribution is 2.42. The van der Waals surface area contributed by atoms with Crippen LogP contribution in [-0.2, 0) is 11.3 Å². The SMILES string of the molecule is CC1CCCC(C)C12NC(=O)N(Cc1nnnn1C1CC1)C2=O. The number of carbonyl (C=O) groups is 2. The summed E-state index contributed by atoms with van der Waals surface area (Å²) in [5.74, 6) is 0.760. The molecule has 0 aromatic carbocycles. The molecule has 1 aliphatic heterocycles. The van der Waals surface area contributed by atoms with Crippen LogP contribution in [0.2, 0.25) is 0 Å². The van der Waals surface area contributed by atoms with Gasteiger partial charge in [-0.25, -0.2) is 9.48 Å². The van der Waals surface area contributed by atoms with Crippen molar-refractivity contribution in [3.05, 3.63) is 5.82 Å². The van der Waals surface area contributed by atoms with Gasteiger partial charge in [-0.1, -0.05) is 20.3 Å². The van der Waals surface area contributed by atoms with Crippen molar-refractivity contribution >= 4 is 11.9 Å². The van der Waals surface area contributed by atoms with Gasteiger partial charge in [-0.2, -0.15) is 0 Å². The Labute approximate surface area is 134 Å². The van der Waals surface area contributed by atoms with Crippen LogP contribution in [0.5, 0.6) is 0 Å². The van der Waals surface area contributed by atoms with E-state index in [1.54, 1.807) is 4.68 Å². The predicted octanol–water partition coefficient (Wildman–Crippen LogP) is 1.25. The minimum absolute atomic E-state index is 0.118. The molecular formula is C15H22N6O2. The molecule has 3 amide bonds. The number of nitrogens with one attached hydrogen (secondary N) is 1. The average Bonchev–Trinajstić information content (AvgIpc) is 3.21. The quantitative estimate of drug-likeness (QED) is 0.847. The molecule has 1 aromatic rings. The number of hydrogen-bond acceptors (Lipinski definition) is 5. The average molecular weight is 318 g/mol. The van der Waals surface area contributed by atoms with Gasteiger partial charge in [0.05, 0.1) is 12.6 Å². The lowest BCUT2D eigenvalue weighted by atomic mass is 9.67. The Morgan fingerprint density at radius 1 is 1.17 bits per heavy atom. The smallest absolute Gasteiger partial charge is 0.323 e. The largest absolute Gasteiger partial charge is 0.325 e. The molecule has 0 bridgehead atoms. The first-order valence-electron chi connectivity index (χ1n) is 8.45. The lowest BCUT2D eigenvalue weighted by Gasteiger charge is -2.42. The van der Waals surface area contributed by atoms with Crippen LogP contribution in [0.25, 0.3) is 0 Å². The first-order chi connectivity index (χ1) is 11.0. The van der Waals surface area contributed by atoms with Crippen LogP contribution in [0.1, 0.15) is 57.8 Å². The van der Waals surface area contributed by atoms with Gasteiger partial charge in [0.25, 0.3) is 5.91 Å². The minimum Gasteiger partial charge on any atom is -0.323 e. The third kappa shape index (κ3) is 2.07. The van der Waals surface area contributed by atoms with E-state index >= 15 is 0 Å². The Morgan fingerprint density at radius 2 is 1.87 bits per heavy atom. The molecule has 2 unspecified atom stereocenters. The van der Waals surface area contributed by atoms with E-state index in [4.69, 9.17) is 0 Å². The molecule has 2 heterocycles. The van der Waals surface area contributed by atoms with Gasteiger partial charge in [-0.15, -0.1) is 5.10 Å². The molecule has 2 saturated carbocycles. The van der Waals surface area contributed by atoms with Crippen LogP contribution in [0, 0.1) is 11.8 Å². The van der Waals surface area contributed by atoms with Crippen molar-refractivity contribution in [2.45, 2.75) is 64.1 Å². The second-order valence-corrected chi connectivity index (χ2v) is 7.19. The van der Waals surface area contributed by atoms with Crippen LogP contribution in [0.15, 0.2) is 0 Å². The van der Waals surface area contributed by atoms with Crippen LogP contribution in [0.3, 0.4) is 0 Å².